The number of nitrogens with zero attached hydrogens (tertiary/aromatic N) is 1. The summed E-state index contributed by atoms with van der Waals surface area (Å²) in [5.41, 5.74) is 16.4. The van der Waals surface area contributed by atoms with Crippen LogP contribution in [-0.4, -0.2) is 0 Å². The maximum Gasteiger partial charge on any atom is 0.159 e. The topological polar surface area (TPSA) is 16.4 Å². The van der Waals surface area contributed by atoms with Crippen LogP contribution in [-0.2, 0) is 0 Å². The van der Waals surface area contributed by atoms with Crippen molar-refractivity contribution >= 4 is 39.0 Å². The predicted octanol–water partition coefficient (Wildman–Crippen LogP) is 15.4. The standard InChI is InChI=1S/C54H37NO/c1-5-14-38(15-6-1)41-24-26-45(27-25-41)48-36-37-49(44-20-11-4-12-21-44)54-52(48)50-22-13-23-51(53(50)56-54)55(46-32-28-42(29-33-46)39-16-7-2-8-17-39)47-34-30-43(31-35-47)40-18-9-3-10-19-40/h1-37H. The zero-order valence-corrected chi connectivity index (χ0v) is 30.7. The highest BCUT2D eigenvalue weighted by Crippen LogP contribution is 2.47. The Morgan fingerprint density at radius 1 is 0.268 bits per heavy atom. The quantitative estimate of drug-likeness (QED) is 0.156. The fourth-order valence-electron chi connectivity index (χ4n) is 7.92. The number of hydrogen-bond acceptors (Lipinski definition) is 2. The van der Waals surface area contributed by atoms with Gasteiger partial charge in [-0.1, -0.05) is 188 Å². The summed E-state index contributed by atoms with van der Waals surface area (Å²) >= 11 is 0. The number of fused-ring (bicyclic) bond motifs is 3. The third-order valence-electron chi connectivity index (χ3n) is 10.7. The molecule has 2 heteroatoms. The molecule has 56 heavy (non-hydrogen) atoms. The lowest BCUT2D eigenvalue weighted by atomic mass is 9.93. The van der Waals surface area contributed by atoms with E-state index >= 15 is 0 Å². The SMILES string of the molecule is c1ccc(-c2ccc(-c3ccc(-c4ccccc4)c4oc5c(N(c6ccc(-c7ccccc7)cc6)c6ccc(-c7ccccc7)cc6)cccc5c34)cc2)cc1. The molecule has 1 heterocycles. The molecule has 2 nitrogen and oxygen atoms in total. The molecule has 0 atom stereocenters. The second-order valence-corrected chi connectivity index (χ2v) is 14.1. The molecule has 0 unspecified atom stereocenters. The van der Waals surface area contributed by atoms with Crippen molar-refractivity contribution in [1.82, 2.24) is 0 Å². The van der Waals surface area contributed by atoms with Gasteiger partial charge in [-0.25, -0.2) is 0 Å². The van der Waals surface area contributed by atoms with Crippen molar-refractivity contribution < 1.29 is 4.42 Å². The Morgan fingerprint density at radius 2 is 0.643 bits per heavy atom. The largest absolute Gasteiger partial charge is 0.453 e. The first-order chi connectivity index (χ1) is 27.8. The third kappa shape index (κ3) is 6.14. The highest BCUT2D eigenvalue weighted by molar-refractivity contribution is 6.19. The van der Waals surface area contributed by atoms with Crippen molar-refractivity contribution in [2.45, 2.75) is 0 Å². The van der Waals surface area contributed by atoms with Gasteiger partial charge >= 0.3 is 0 Å². The van der Waals surface area contributed by atoms with Gasteiger partial charge in [-0.15, -0.1) is 0 Å². The molecular weight excluding hydrogens is 679 g/mol. The molecule has 0 N–H and O–H groups in total. The number of furan rings is 1. The highest BCUT2D eigenvalue weighted by Gasteiger charge is 2.23. The third-order valence-corrected chi connectivity index (χ3v) is 10.7. The van der Waals surface area contributed by atoms with E-state index in [4.69, 9.17) is 4.42 Å². The minimum Gasteiger partial charge on any atom is -0.453 e. The van der Waals surface area contributed by atoms with Crippen molar-refractivity contribution in [1.29, 1.82) is 0 Å². The van der Waals surface area contributed by atoms with Crippen LogP contribution in [0.5, 0.6) is 0 Å². The van der Waals surface area contributed by atoms with Crippen LogP contribution in [0.4, 0.5) is 17.1 Å². The molecule has 0 aliphatic rings. The summed E-state index contributed by atoms with van der Waals surface area (Å²) in [5, 5.41) is 2.18. The molecule has 0 amide bonds. The fourth-order valence-corrected chi connectivity index (χ4v) is 7.92. The van der Waals surface area contributed by atoms with Gasteiger partial charge in [0.05, 0.1) is 5.69 Å². The lowest BCUT2D eigenvalue weighted by Crippen LogP contribution is -2.10. The van der Waals surface area contributed by atoms with E-state index in [0.717, 1.165) is 61.3 Å². The second-order valence-electron chi connectivity index (χ2n) is 14.1. The Balaban J connectivity index is 1.17. The summed E-state index contributed by atoms with van der Waals surface area (Å²) in [5.74, 6) is 0. The van der Waals surface area contributed by atoms with Crippen molar-refractivity contribution in [2.75, 3.05) is 4.90 Å². The summed E-state index contributed by atoms with van der Waals surface area (Å²) < 4.78 is 7.19. The maximum atomic E-state index is 7.19. The smallest absolute Gasteiger partial charge is 0.159 e. The molecule has 0 aliphatic heterocycles. The second kappa shape index (κ2) is 14.4. The summed E-state index contributed by atoms with van der Waals surface area (Å²) in [4.78, 5) is 2.32. The molecule has 9 aromatic carbocycles. The number of anilines is 3. The minimum absolute atomic E-state index is 0.840. The van der Waals surface area contributed by atoms with E-state index in [2.05, 4.69) is 229 Å². The maximum absolute atomic E-state index is 7.19. The van der Waals surface area contributed by atoms with Gasteiger partial charge in [0.25, 0.3) is 0 Å². The average Bonchev–Trinajstić information content (AvgIpc) is 3.69. The Labute approximate surface area is 327 Å². The zero-order valence-electron chi connectivity index (χ0n) is 30.7. The predicted molar refractivity (Wildman–Crippen MR) is 236 cm³/mol. The van der Waals surface area contributed by atoms with E-state index < -0.39 is 0 Å². The van der Waals surface area contributed by atoms with Crippen LogP contribution in [0.1, 0.15) is 0 Å². The summed E-state index contributed by atoms with van der Waals surface area (Å²) in [6.07, 6.45) is 0. The summed E-state index contributed by atoms with van der Waals surface area (Å²) in [6, 6.07) is 79.8. The number of para-hydroxylation sites is 1. The number of rotatable bonds is 8. The van der Waals surface area contributed by atoms with Gasteiger partial charge in [-0.05, 0) is 86.5 Å². The zero-order chi connectivity index (χ0) is 37.3. The molecule has 264 valence electrons. The van der Waals surface area contributed by atoms with E-state index in [1.54, 1.807) is 0 Å². The van der Waals surface area contributed by atoms with Crippen LogP contribution in [0.15, 0.2) is 229 Å². The molecule has 0 fully saturated rings. The van der Waals surface area contributed by atoms with Gasteiger partial charge in [0.1, 0.15) is 5.58 Å². The number of benzene rings is 9. The molecule has 10 rings (SSSR count). The van der Waals surface area contributed by atoms with E-state index in [1.165, 1.54) is 33.4 Å². The molecule has 0 aliphatic carbocycles. The van der Waals surface area contributed by atoms with E-state index in [0.29, 0.717) is 0 Å². The highest BCUT2D eigenvalue weighted by atomic mass is 16.3. The van der Waals surface area contributed by atoms with Crippen LogP contribution in [0, 0.1) is 0 Å². The van der Waals surface area contributed by atoms with Gasteiger partial charge in [0, 0.05) is 27.7 Å². The Kier molecular flexibility index (Phi) is 8.55. The molecule has 0 spiro atoms. The Morgan fingerprint density at radius 3 is 1.12 bits per heavy atom. The van der Waals surface area contributed by atoms with Crippen LogP contribution < -0.4 is 4.90 Å². The molecule has 0 bridgehead atoms. The first-order valence-corrected chi connectivity index (χ1v) is 19.1. The molecule has 10 aromatic rings. The lowest BCUT2D eigenvalue weighted by molar-refractivity contribution is 0.670. The normalized spacial score (nSPS) is 11.2. The molecule has 0 saturated heterocycles. The monoisotopic (exact) mass is 715 g/mol. The lowest BCUT2D eigenvalue weighted by Gasteiger charge is -2.26. The van der Waals surface area contributed by atoms with Crippen molar-refractivity contribution in [3.63, 3.8) is 0 Å². The molecule has 1 aromatic heterocycles. The van der Waals surface area contributed by atoms with E-state index in [9.17, 15) is 0 Å². The Hall–Kier alpha value is -7.42. The van der Waals surface area contributed by atoms with E-state index in [1.807, 2.05) is 0 Å². The molecule has 0 saturated carbocycles. The van der Waals surface area contributed by atoms with Gasteiger partial charge in [-0.3, -0.25) is 0 Å². The Bertz CT molecular complexity index is 2820. The van der Waals surface area contributed by atoms with Crippen LogP contribution >= 0.6 is 0 Å². The van der Waals surface area contributed by atoms with Crippen molar-refractivity contribution in [3.8, 4) is 55.6 Å². The molecular formula is C54H37NO. The summed E-state index contributed by atoms with van der Waals surface area (Å²) in [7, 11) is 0. The first kappa shape index (κ1) is 33.2. The molecule has 0 radical (unpaired) electrons. The minimum atomic E-state index is 0.840. The summed E-state index contributed by atoms with van der Waals surface area (Å²) in [6.45, 7) is 0. The van der Waals surface area contributed by atoms with Crippen LogP contribution in [0.2, 0.25) is 0 Å². The number of hydrogen-bond donors (Lipinski definition) is 0. The van der Waals surface area contributed by atoms with Gasteiger partial charge in [0.2, 0.25) is 0 Å². The first-order valence-electron chi connectivity index (χ1n) is 19.1. The van der Waals surface area contributed by atoms with Gasteiger partial charge in [-0.2, -0.15) is 0 Å². The van der Waals surface area contributed by atoms with Crippen LogP contribution in [0.3, 0.4) is 0 Å². The van der Waals surface area contributed by atoms with Gasteiger partial charge in [0.15, 0.2) is 5.58 Å². The average molecular weight is 716 g/mol. The van der Waals surface area contributed by atoms with Crippen LogP contribution in [0.25, 0.3) is 77.6 Å². The van der Waals surface area contributed by atoms with Crippen molar-refractivity contribution in [3.05, 3.63) is 224 Å². The van der Waals surface area contributed by atoms with Gasteiger partial charge < -0.3 is 9.32 Å². The van der Waals surface area contributed by atoms with E-state index in [-0.39, 0.29) is 0 Å². The van der Waals surface area contributed by atoms with Crippen molar-refractivity contribution in [2.24, 2.45) is 0 Å². The fraction of sp³-hybridized carbons (Fsp3) is 0.